The summed E-state index contributed by atoms with van der Waals surface area (Å²) in [6.45, 7) is 3.28. The molecule has 4 nitrogen and oxygen atoms in total. The molecule has 0 saturated carbocycles. The van der Waals surface area contributed by atoms with Crippen molar-refractivity contribution in [2.75, 3.05) is 43.2 Å². The van der Waals surface area contributed by atoms with E-state index in [1.807, 2.05) is 35.2 Å². The topological polar surface area (TPSA) is 32.8 Å². The highest BCUT2D eigenvalue weighted by Crippen LogP contribution is 2.33. The highest BCUT2D eigenvalue weighted by atomic mass is 16.5. The Morgan fingerprint density at radius 1 is 1.08 bits per heavy atom. The molecule has 1 atom stereocenters. The van der Waals surface area contributed by atoms with E-state index in [1.54, 1.807) is 0 Å². The molecule has 1 saturated heterocycles. The van der Waals surface area contributed by atoms with E-state index in [1.165, 1.54) is 5.56 Å². The highest BCUT2D eigenvalue weighted by molar-refractivity contribution is 6.08. The third kappa shape index (κ3) is 3.14. The standard InChI is InChI=1S/C21H24N2O2/c1-22-11-5-12-23(20-9-3-2-8-19(20)22)21(24)17-7-4-6-16(14-17)18-10-13-25-15-18/h2-4,6-9,14,18H,5,10-13,15H2,1H3. The molecule has 0 aromatic heterocycles. The number of carbonyl (C=O) groups excluding carboxylic acids is 1. The SMILES string of the molecule is CN1CCCN(C(=O)c2cccc(C3CCOC3)c2)c2ccccc21. The Labute approximate surface area is 149 Å². The first-order valence-electron chi connectivity index (χ1n) is 9.04. The quantitative estimate of drug-likeness (QED) is 0.839. The average molecular weight is 336 g/mol. The van der Waals surface area contributed by atoms with Gasteiger partial charge in [0.15, 0.2) is 0 Å². The summed E-state index contributed by atoms with van der Waals surface area (Å²) in [5.41, 5.74) is 4.10. The molecule has 2 aliphatic heterocycles. The first kappa shape index (κ1) is 16.2. The summed E-state index contributed by atoms with van der Waals surface area (Å²) in [7, 11) is 2.09. The number of para-hydroxylation sites is 2. The van der Waals surface area contributed by atoms with Crippen LogP contribution in [-0.4, -0.2) is 39.3 Å². The van der Waals surface area contributed by atoms with E-state index in [4.69, 9.17) is 4.74 Å². The number of amides is 1. The van der Waals surface area contributed by atoms with Crippen molar-refractivity contribution >= 4 is 17.3 Å². The van der Waals surface area contributed by atoms with Gasteiger partial charge >= 0.3 is 0 Å². The molecule has 2 aliphatic rings. The number of anilines is 2. The minimum atomic E-state index is 0.0866. The Bertz CT molecular complexity index is 768. The molecule has 0 spiro atoms. The minimum absolute atomic E-state index is 0.0866. The van der Waals surface area contributed by atoms with Crippen LogP contribution in [0.15, 0.2) is 48.5 Å². The predicted octanol–water partition coefficient (Wildman–Crippen LogP) is 3.68. The molecule has 130 valence electrons. The van der Waals surface area contributed by atoms with Crippen LogP contribution in [0.2, 0.25) is 0 Å². The van der Waals surface area contributed by atoms with Crippen LogP contribution in [0.3, 0.4) is 0 Å². The summed E-state index contributed by atoms with van der Waals surface area (Å²) in [4.78, 5) is 17.4. The molecular formula is C21H24N2O2. The normalized spacial score (nSPS) is 20.3. The zero-order chi connectivity index (χ0) is 17.2. The van der Waals surface area contributed by atoms with E-state index in [0.717, 1.165) is 56.1 Å². The second-order valence-electron chi connectivity index (χ2n) is 6.91. The number of carbonyl (C=O) groups is 1. The first-order chi connectivity index (χ1) is 12.2. The maximum Gasteiger partial charge on any atom is 0.258 e. The van der Waals surface area contributed by atoms with Crippen LogP contribution in [-0.2, 0) is 4.74 Å². The van der Waals surface area contributed by atoms with E-state index < -0.39 is 0 Å². The molecule has 2 heterocycles. The highest BCUT2D eigenvalue weighted by Gasteiger charge is 2.25. The molecular weight excluding hydrogens is 312 g/mol. The molecule has 1 unspecified atom stereocenters. The number of rotatable bonds is 2. The lowest BCUT2D eigenvalue weighted by molar-refractivity contribution is 0.0987. The maximum atomic E-state index is 13.3. The van der Waals surface area contributed by atoms with Crippen molar-refractivity contribution in [3.05, 3.63) is 59.7 Å². The molecule has 2 aromatic rings. The van der Waals surface area contributed by atoms with Gasteiger partial charge in [-0.15, -0.1) is 0 Å². The van der Waals surface area contributed by atoms with Gasteiger partial charge in [-0.05, 0) is 42.7 Å². The number of hydrogen-bond donors (Lipinski definition) is 0. The van der Waals surface area contributed by atoms with Crippen molar-refractivity contribution < 1.29 is 9.53 Å². The predicted molar refractivity (Wildman–Crippen MR) is 101 cm³/mol. The van der Waals surface area contributed by atoms with Crippen molar-refractivity contribution in [2.24, 2.45) is 0 Å². The molecule has 0 N–H and O–H groups in total. The van der Waals surface area contributed by atoms with Gasteiger partial charge in [-0.3, -0.25) is 4.79 Å². The van der Waals surface area contributed by atoms with Crippen LogP contribution < -0.4 is 9.80 Å². The number of hydrogen-bond acceptors (Lipinski definition) is 3. The Kier molecular flexibility index (Phi) is 4.45. The Hall–Kier alpha value is -2.33. The van der Waals surface area contributed by atoms with Crippen LogP contribution in [0.4, 0.5) is 11.4 Å². The summed E-state index contributed by atoms with van der Waals surface area (Å²) in [5, 5.41) is 0. The molecule has 25 heavy (non-hydrogen) atoms. The van der Waals surface area contributed by atoms with E-state index >= 15 is 0 Å². The van der Waals surface area contributed by atoms with Gasteiger partial charge in [-0.1, -0.05) is 24.3 Å². The smallest absolute Gasteiger partial charge is 0.258 e. The van der Waals surface area contributed by atoms with Crippen LogP contribution in [0.25, 0.3) is 0 Å². The molecule has 1 amide bonds. The average Bonchev–Trinajstić information content (AvgIpc) is 3.14. The maximum absolute atomic E-state index is 13.3. The first-order valence-corrected chi connectivity index (χ1v) is 9.04. The largest absolute Gasteiger partial charge is 0.381 e. The van der Waals surface area contributed by atoms with Gasteiger partial charge in [-0.2, -0.15) is 0 Å². The summed E-state index contributed by atoms with van der Waals surface area (Å²) >= 11 is 0. The molecule has 0 bridgehead atoms. The fourth-order valence-electron chi connectivity index (χ4n) is 3.81. The van der Waals surface area contributed by atoms with Gasteiger partial charge in [-0.25, -0.2) is 0 Å². The second kappa shape index (κ2) is 6.89. The van der Waals surface area contributed by atoms with E-state index in [-0.39, 0.29) is 5.91 Å². The van der Waals surface area contributed by atoms with Crippen molar-refractivity contribution in [1.82, 2.24) is 0 Å². The van der Waals surface area contributed by atoms with Gasteiger partial charge in [0.25, 0.3) is 5.91 Å². The van der Waals surface area contributed by atoms with Crippen LogP contribution in [0.1, 0.15) is 34.7 Å². The molecule has 1 fully saturated rings. The number of benzene rings is 2. The van der Waals surface area contributed by atoms with Gasteiger partial charge in [0.1, 0.15) is 0 Å². The van der Waals surface area contributed by atoms with Crippen LogP contribution >= 0.6 is 0 Å². The summed E-state index contributed by atoms with van der Waals surface area (Å²) in [6, 6.07) is 16.3. The Morgan fingerprint density at radius 3 is 2.72 bits per heavy atom. The third-order valence-corrected chi connectivity index (χ3v) is 5.24. The number of fused-ring (bicyclic) bond motifs is 1. The molecule has 4 rings (SSSR count). The second-order valence-corrected chi connectivity index (χ2v) is 6.91. The number of ether oxygens (including phenoxy) is 1. The molecule has 2 aromatic carbocycles. The van der Waals surface area contributed by atoms with Crippen LogP contribution in [0, 0.1) is 0 Å². The summed E-state index contributed by atoms with van der Waals surface area (Å²) < 4.78 is 5.50. The van der Waals surface area contributed by atoms with Crippen molar-refractivity contribution in [2.45, 2.75) is 18.8 Å². The minimum Gasteiger partial charge on any atom is -0.381 e. The van der Waals surface area contributed by atoms with Crippen LogP contribution in [0.5, 0.6) is 0 Å². The Balaban J connectivity index is 1.66. The zero-order valence-corrected chi connectivity index (χ0v) is 14.6. The van der Waals surface area contributed by atoms with Crippen molar-refractivity contribution in [3.63, 3.8) is 0 Å². The molecule has 0 radical (unpaired) electrons. The monoisotopic (exact) mass is 336 g/mol. The fraction of sp³-hybridized carbons (Fsp3) is 0.381. The van der Waals surface area contributed by atoms with Gasteiger partial charge in [0.2, 0.25) is 0 Å². The van der Waals surface area contributed by atoms with Gasteiger partial charge in [0.05, 0.1) is 18.0 Å². The van der Waals surface area contributed by atoms with E-state index in [0.29, 0.717) is 5.92 Å². The van der Waals surface area contributed by atoms with Crippen molar-refractivity contribution in [3.8, 4) is 0 Å². The zero-order valence-electron chi connectivity index (χ0n) is 14.6. The Morgan fingerprint density at radius 2 is 1.92 bits per heavy atom. The lowest BCUT2D eigenvalue weighted by Crippen LogP contribution is -2.31. The molecule has 4 heteroatoms. The molecule has 0 aliphatic carbocycles. The van der Waals surface area contributed by atoms with E-state index in [9.17, 15) is 4.79 Å². The fourth-order valence-corrected chi connectivity index (χ4v) is 3.81. The lowest BCUT2D eigenvalue weighted by atomic mass is 9.96. The van der Waals surface area contributed by atoms with Gasteiger partial charge < -0.3 is 14.5 Å². The number of nitrogens with zero attached hydrogens (tertiary/aromatic N) is 2. The lowest BCUT2D eigenvalue weighted by Gasteiger charge is -2.24. The van der Waals surface area contributed by atoms with E-state index in [2.05, 4.69) is 30.1 Å². The van der Waals surface area contributed by atoms with Gasteiger partial charge in [0, 0.05) is 38.2 Å². The third-order valence-electron chi connectivity index (χ3n) is 5.24. The summed E-state index contributed by atoms with van der Waals surface area (Å²) in [5.74, 6) is 0.499. The summed E-state index contributed by atoms with van der Waals surface area (Å²) in [6.07, 6.45) is 2.00. The van der Waals surface area contributed by atoms with Crippen molar-refractivity contribution in [1.29, 1.82) is 0 Å².